The van der Waals surface area contributed by atoms with Crippen molar-refractivity contribution >= 4 is 39.5 Å². The number of aliphatic hydroxyl groups is 1. The second-order valence-electron chi connectivity index (χ2n) is 25.5. The number of carbonyl (C=O) groups is 4. The Hall–Kier alpha value is -1.94. The Labute approximate surface area is 543 Å². The molecule has 0 aromatic rings. The molecule has 0 aliphatic rings. The lowest BCUT2D eigenvalue weighted by Gasteiger charge is -2.21. The third kappa shape index (κ3) is 63.2. The Morgan fingerprint density at radius 3 is 0.798 bits per heavy atom. The zero-order valence-corrected chi connectivity index (χ0v) is 59.4. The van der Waals surface area contributed by atoms with Crippen LogP contribution in [-0.2, 0) is 65.4 Å². The summed E-state index contributed by atoms with van der Waals surface area (Å²) in [7, 11) is -9.89. The van der Waals surface area contributed by atoms with E-state index >= 15 is 0 Å². The van der Waals surface area contributed by atoms with Crippen LogP contribution in [0.15, 0.2) is 0 Å². The van der Waals surface area contributed by atoms with Gasteiger partial charge in [0.2, 0.25) is 0 Å². The molecular weight excluding hydrogens is 1170 g/mol. The Morgan fingerprint density at radius 1 is 0.315 bits per heavy atom. The van der Waals surface area contributed by atoms with Crippen LogP contribution in [0.25, 0.3) is 0 Å². The number of hydrogen-bond acceptors (Lipinski definition) is 15. The second-order valence-corrected chi connectivity index (χ2v) is 28.4. The third-order valence-corrected chi connectivity index (χ3v) is 18.5. The van der Waals surface area contributed by atoms with E-state index in [2.05, 4.69) is 34.6 Å². The molecule has 528 valence electrons. The summed E-state index contributed by atoms with van der Waals surface area (Å²) in [4.78, 5) is 72.4. The van der Waals surface area contributed by atoms with Gasteiger partial charge in [0.25, 0.3) is 0 Å². The first kappa shape index (κ1) is 87.1. The van der Waals surface area contributed by atoms with E-state index < -0.39 is 97.5 Å². The van der Waals surface area contributed by atoms with E-state index in [1.54, 1.807) is 0 Å². The molecule has 0 saturated heterocycles. The van der Waals surface area contributed by atoms with Crippen LogP contribution >= 0.6 is 15.6 Å². The predicted octanol–water partition coefficient (Wildman–Crippen LogP) is 20.1. The van der Waals surface area contributed by atoms with Crippen LogP contribution in [0, 0.1) is 5.92 Å². The maximum atomic E-state index is 13.0. The predicted molar refractivity (Wildman–Crippen MR) is 358 cm³/mol. The summed E-state index contributed by atoms with van der Waals surface area (Å²) >= 11 is 0. The molecule has 0 aliphatic heterocycles. The number of esters is 4. The number of hydrogen-bond donors (Lipinski definition) is 3. The summed E-state index contributed by atoms with van der Waals surface area (Å²) in [6.45, 7) is 7.21. The number of rotatable bonds is 70. The Bertz CT molecular complexity index is 1720. The number of carbonyl (C=O) groups excluding carboxylic acids is 4. The first-order valence-electron chi connectivity index (χ1n) is 36.7. The van der Waals surface area contributed by atoms with Crippen molar-refractivity contribution in [2.75, 3.05) is 39.6 Å². The highest BCUT2D eigenvalue weighted by Crippen LogP contribution is 2.45. The van der Waals surface area contributed by atoms with Crippen molar-refractivity contribution in [1.82, 2.24) is 0 Å². The molecule has 0 aromatic carbocycles. The van der Waals surface area contributed by atoms with Gasteiger partial charge in [0.15, 0.2) is 12.2 Å². The van der Waals surface area contributed by atoms with Crippen LogP contribution in [0.2, 0.25) is 0 Å². The molecule has 3 N–H and O–H groups in total. The lowest BCUT2D eigenvalue weighted by atomic mass is 9.99. The Morgan fingerprint density at radius 2 is 0.539 bits per heavy atom. The molecule has 89 heavy (non-hydrogen) atoms. The molecule has 0 rings (SSSR count). The normalized spacial score (nSPS) is 14.4. The third-order valence-electron chi connectivity index (χ3n) is 16.6. The van der Waals surface area contributed by atoms with Crippen molar-refractivity contribution < 1.29 is 80.2 Å². The first-order chi connectivity index (χ1) is 43.1. The standard InChI is InChI=1S/C70H136O17P2/c1-6-10-13-16-19-22-23-24-25-26-27-28-29-30-31-34-41-46-51-56-70(75)87-66(60-81-68(73)54-49-44-39-36-35-37-42-47-52-63(5)9-4)62-85-89(78,79)83-58-64(71)57-82-88(76,77)84-61-65(86-69(74)55-50-45-40-33-21-18-15-12-8-3)59-80-67(72)53-48-43-38-32-20-17-14-11-7-2/h63-66,71H,6-62H2,1-5H3,(H,76,77)(H,78,79)/t63?,64-,65+,66+/m0/s1. The summed E-state index contributed by atoms with van der Waals surface area (Å²) in [5, 5.41) is 10.6. The number of unbranched alkanes of at least 4 members (excludes halogenated alkanes) is 41. The molecule has 3 unspecified atom stereocenters. The lowest BCUT2D eigenvalue weighted by Crippen LogP contribution is -2.30. The fraction of sp³-hybridized carbons (Fsp3) is 0.943. The van der Waals surface area contributed by atoms with Gasteiger partial charge in [-0.2, -0.15) is 0 Å². The van der Waals surface area contributed by atoms with Gasteiger partial charge in [-0.15, -0.1) is 0 Å². The fourth-order valence-corrected chi connectivity index (χ4v) is 12.2. The van der Waals surface area contributed by atoms with Gasteiger partial charge in [0.1, 0.15) is 19.3 Å². The van der Waals surface area contributed by atoms with Crippen LogP contribution in [0.4, 0.5) is 0 Å². The van der Waals surface area contributed by atoms with Crippen LogP contribution in [0.3, 0.4) is 0 Å². The molecule has 19 heteroatoms. The quantitative estimate of drug-likeness (QED) is 0.0222. The van der Waals surface area contributed by atoms with Crippen LogP contribution < -0.4 is 0 Å². The smallest absolute Gasteiger partial charge is 0.462 e. The van der Waals surface area contributed by atoms with Crippen molar-refractivity contribution in [2.24, 2.45) is 5.92 Å². The van der Waals surface area contributed by atoms with Gasteiger partial charge < -0.3 is 33.8 Å². The van der Waals surface area contributed by atoms with Gasteiger partial charge in [-0.05, 0) is 31.6 Å². The van der Waals surface area contributed by atoms with Crippen molar-refractivity contribution in [3.63, 3.8) is 0 Å². The summed E-state index contributed by atoms with van der Waals surface area (Å²) < 4.78 is 68.2. The molecule has 0 amide bonds. The van der Waals surface area contributed by atoms with E-state index in [0.29, 0.717) is 25.7 Å². The highest BCUT2D eigenvalue weighted by atomic mass is 31.2. The molecule has 6 atom stereocenters. The van der Waals surface area contributed by atoms with Crippen molar-refractivity contribution in [3.8, 4) is 0 Å². The van der Waals surface area contributed by atoms with Crippen LogP contribution in [-0.4, -0.2) is 96.7 Å². The monoisotopic (exact) mass is 1310 g/mol. The van der Waals surface area contributed by atoms with E-state index in [1.807, 2.05) is 0 Å². The van der Waals surface area contributed by atoms with Crippen LogP contribution in [0.5, 0.6) is 0 Å². The van der Waals surface area contributed by atoms with Gasteiger partial charge in [0, 0.05) is 25.7 Å². The van der Waals surface area contributed by atoms with E-state index in [9.17, 15) is 43.2 Å². The molecule has 0 aliphatic carbocycles. The van der Waals surface area contributed by atoms with E-state index in [4.69, 9.17) is 37.0 Å². The molecule has 0 saturated carbocycles. The highest BCUT2D eigenvalue weighted by Gasteiger charge is 2.30. The van der Waals surface area contributed by atoms with E-state index in [0.717, 1.165) is 95.8 Å². The molecule has 0 bridgehead atoms. The van der Waals surface area contributed by atoms with Crippen molar-refractivity contribution in [3.05, 3.63) is 0 Å². The topological polar surface area (TPSA) is 237 Å². The minimum absolute atomic E-state index is 0.106. The fourth-order valence-electron chi connectivity index (χ4n) is 10.6. The molecule has 0 aromatic heterocycles. The first-order valence-corrected chi connectivity index (χ1v) is 39.7. The van der Waals surface area contributed by atoms with Crippen molar-refractivity contribution in [2.45, 2.75) is 380 Å². The van der Waals surface area contributed by atoms with E-state index in [1.165, 1.54) is 186 Å². The van der Waals surface area contributed by atoms with Gasteiger partial charge in [0.05, 0.1) is 26.4 Å². The SMILES string of the molecule is CCCCCCCCCCCCCCCCCCCCCC(=O)O[C@H](COC(=O)CCCCCCCCCCC(C)CC)COP(=O)(O)OC[C@@H](O)COP(=O)(O)OC[C@@H](COC(=O)CCCCCCCCCCC)OC(=O)CCCCCCCCCCC. The maximum Gasteiger partial charge on any atom is 0.472 e. The highest BCUT2D eigenvalue weighted by molar-refractivity contribution is 7.47. The van der Waals surface area contributed by atoms with Gasteiger partial charge in [-0.1, -0.05) is 311 Å². The Balaban J connectivity index is 5.18. The molecular formula is C70H136O17P2. The minimum atomic E-state index is -4.95. The average molecular weight is 1310 g/mol. The van der Waals surface area contributed by atoms with Crippen molar-refractivity contribution in [1.29, 1.82) is 0 Å². The van der Waals surface area contributed by atoms with E-state index in [-0.39, 0.29) is 25.7 Å². The summed E-state index contributed by atoms with van der Waals surface area (Å²) in [5.74, 6) is -1.35. The molecule has 0 spiro atoms. The summed E-state index contributed by atoms with van der Waals surface area (Å²) in [6, 6.07) is 0. The zero-order valence-electron chi connectivity index (χ0n) is 57.6. The van der Waals surface area contributed by atoms with Crippen LogP contribution in [0.1, 0.15) is 362 Å². The molecule has 0 heterocycles. The minimum Gasteiger partial charge on any atom is -0.462 e. The molecule has 0 radical (unpaired) electrons. The number of aliphatic hydroxyl groups excluding tert-OH is 1. The Kier molecular flexibility index (Phi) is 62.1. The van der Waals surface area contributed by atoms with Gasteiger partial charge >= 0.3 is 39.5 Å². The van der Waals surface area contributed by atoms with Gasteiger partial charge in [-0.25, -0.2) is 9.13 Å². The average Bonchev–Trinajstić information content (AvgIpc) is 3.64. The summed E-state index contributed by atoms with van der Waals surface area (Å²) in [5.41, 5.74) is 0. The summed E-state index contributed by atoms with van der Waals surface area (Å²) in [6.07, 6.45) is 50.0. The molecule has 17 nitrogen and oxygen atoms in total. The van der Waals surface area contributed by atoms with Gasteiger partial charge in [-0.3, -0.25) is 37.3 Å². The second kappa shape index (κ2) is 63.5. The number of ether oxygens (including phenoxy) is 4. The zero-order chi connectivity index (χ0) is 65.6. The largest absolute Gasteiger partial charge is 0.472 e. The number of phosphoric ester groups is 2. The molecule has 0 fully saturated rings. The number of phosphoric acid groups is 2. The lowest BCUT2D eigenvalue weighted by molar-refractivity contribution is -0.161. The maximum absolute atomic E-state index is 13.0.